The summed E-state index contributed by atoms with van der Waals surface area (Å²) in [5.74, 6) is -1.65. The topological polar surface area (TPSA) is 112 Å². The van der Waals surface area contributed by atoms with E-state index in [0.29, 0.717) is 18.5 Å². The minimum absolute atomic E-state index is 0.0165. The van der Waals surface area contributed by atoms with Gasteiger partial charge in [0.05, 0.1) is 0 Å². The fourth-order valence-corrected chi connectivity index (χ4v) is 2.60. The number of halogens is 3. The van der Waals surface area contributed by atoms with Crippen LogP contribution in [0.4, 0.5) is 13.2 Å². The van der Waals surface area contributed by atoms with Crippen molar-refractivity contribution in [3.8, 4) is 5.75 Å². The lowest BCUT2D eigenvalue weighted by Crippen LogP contribution is -2.26. The molecule has 1 aromatic carbocycles. The smallest absolute Gasteiger partial charge is 0.451 e. The van der Waals surface area contributed by atoms with Crippen LogP contribution in [0.2, 0.25) is 0 Å². The highest BCUT2D eigenvalue weighted by Gasteiger charge is 2.36. The number of aryl methyl sites for hydroxylation is 1. The Bertz CT molecular complexity index is 1040. The maximum absolute atomic E-state index is 12.8. The Hall–Kier alpha value is -3.37. The summed E-state index contributed by atoms with van der Waals surface area (Å²) in [5, 5.41) is 14.4. The van der Waals surface area contributed by atoms with Gasteiger partial charge in [0.2, 0.25) is 11.7 Å². The molecule has 3 rings (SSSR count). The molecule has 148 valence electrons. The molecule has 0 unspecified atom stereocenters. The third kappa shape index (κ3) is 4.48. The molecule has 0 saturated carbocycles. The van der Waals surface area contributed by atoms with E-state index >= 15 is 0 Å². The number of benzene rings is 1. The number of hydrogen-bond acceptors (Lipinski definition) is 5. The number of amides is 1. The lowest BCUT2D eigenvalue weighted by molar-refractivity contribution is -0.145. The predicted octanol–water partition coefficient (Wildman–Crippen LogP) is 1.43. The molecule has 3 N–H and O–H groups in total. The predicted molar refractivity (Wildman–Crippen MR) is 91.8 cm³/mol. The van der Waals surface area contributed by atoms with Gasteiger partial charge in [0.15, 0.2) is 5.65 Å². The maximum atomic E-state index is 12.8. The van der Waals surface area contributed by atoms with E-state index in [2.05, 4.69) is 20.4 Å². The van der Waals surface area contributed by atoms with E-state index in [1.165, 1.54) is 6.20 Å². The van der Waals surface area contributed by atoms with Gasteiger partial charge in [-0.2, -0.15) is 22.7 Å². The molecule has 0 spiro atoms. The summed E-state index contributed by atoms with van der Waals surface area (Å²) in [5.41, 5.74) is -0.0877. The zero-order valence-corrected chi connectivity index (χ0v) is 14.5. The summed E-state index contributed by atoms with van der Waals surface area (Å²) >= 11 is 0. The van der Waals surface area contributed by atoms with Gasteiger partial charge in [-0.05, 0) is 30.5 Å². The number of alkyl halides is 3. The van der Waals surface area contributed by atoms with Crippen LogP contribution in [0.5, 0.6) is 5.75 Å². The molecule has 3 aromatic rings. The first-order chi connectivity index (χ1) is 13.2. The van der Waals surface area contributed by atoms with Gasteiger partial charge < -0.3 is 10.4 Å². The molecule has 1 amide bonds. The van der Waals surface area contributed by atoms with Gasteiger partial charge in [-0.15, -0.1) is 0 Å². The van der Waals surface area contributed by atoms with Crippen molar-refractivity contribution in [1.82, 2.24) is 24.9 Å². The van der Waals surface area contributed by atoms with Gasteiger partial charge in [0.1, 0.15) is 5.75 Å². The Morgan fingerprint density at radius 1 is 1.18 bits per heavy atom. The molecule has 0 aliphatic carbocycles. The van der Waals surface area contributed by atoms with Crippen LogP contribution in [0.15, 0.2) is 35.3 Å². The normalized spacial score (nSPS) is 11.7. The minimum atomic E-state index is -4.84. The SMILES string of the molecule is O=C(CCc1c[nH]n2c(=O)nc(C(F)(F)F)nc12)NCCc1ccc(O)cc1. The number of hydrogen-bond donors (Lipinski definition) is 3. The van der Waals surface area contributed by atoms with E-state index in [-0.39, 0.29) is 30.1 Å². The van der Waals surface area contributed by atoms with Crippen LogP contribution in [0.1, 0.15) is 23.4 Å². The van der Waals surface area contributed by atoms with Crippen LogP contribution in [0.3, 0.4) is 0 Å². The number of H-pyrrole nitrogens is 1. The second-order valence-electron chi connectivity index (χ2n) is 6.05. The maximum Gasteiger partial charge on any atom is 0.451 e. The number of carbonyl (C=O) groups is 1. The van der Waals surface area contributed by atoms with Crippen molar-refractivity contribution in [3.05, 3.63) is 57.9 Å². The van der Waals surface area contributed by atoms with E-state index in [1.54, 1.807) is 24.3 Å². The van der Waals surface area contributed by atoms with Crippen LogP contribution in [-0.4, -0.2) is 37.1 Å². The molecular formula is C17H16F3N5O3. The van der Waals surface area contributed by atoms with Gasteiger partial charge in [-0.1, -0.05) is 12.1 Å². The average Bonchev–Trinajstić information content (AvgIpc) is 3.04. The number of rotatable bonds is 6. The number of phenolic OH excluding ortho intramolecular Hbond substituents is 1. The number of carbonyl (C=O) groups excluding carboxylic acids is 1. The number of fused-ring (bicyclic) bond motifs is 1. The van der Waals surface area contributed by atoms with E-state index in [1.807, 2.05) is 0 Å². The van der Waals surface area contributed by atoms with Gasteiger partial charge in [-0.25, -0.2) is 9.78 Å². The molecule has 0 saturated heterocycles. The Morgan fingerprint density at radius 2 is 1.89 bits per heavy atom. The second kappa shape index (κ2) is 7.71. The third-order valence-corrected chi connectivity index (χ3v) is 4.02. The summed E-state index contributed by atoms with van der Waals surface area (Å²) in [6.07, 6.45) is -2.82. The Balaban J connectivity index is 1.60. The van der Waals surface area contributed by atoms with E-state index in [0.717, 1.165) is 10.1 Å². The standard InChI is InChI=1S/C17H16F3N5O3/c18-17(19,20)15-23-14-11(9-22-25(14)16(28)24-15)3-6-13(27)21-8-7-10-1-4-12(26)5-2-10/h1-2,4-5,9,22,26H,3,6-8H2,(H,21,27). The highest BCUT2D eigenvalue weighted by molar-refractivity contribution is 5.76. The molecule has 0 aliphatic heterocycles. The molecule has 0 radical (unpaired) electrons. The lowest BCUT2D eigenvalue weighted by Gasteiger charge is -2.06. The molecule has 0 aliphatic rings. The fourth-order valence-electron chi connectivity index (χ4n) is 2.60. The number of nitrogens with one attached hydrogen (secondary N) is 2. The summed E-state index contributed by atoms with van der Waals surface area (Å²) in [7, 11) is 0. The van der Waals surface area contributed by atoms with Gasteiger partial charge in [0, 0.05) is 24.7 Å². The summed E-state index contributed by atoms with van der Waals surface area (Å²) in [6, 6.07) is 6.58. The van der Waals surface area contributed by atoms with Crippen LogP contribution in [-0.2, 0) is 23.8 Å². The van der Waals surface area contributed by atoms with Crippen molar-refractivity contribution in [2.45, 2.75) is 25.4 Å². The Kier molecular flexibility index (Phi) is 5.34. The molecule has 2 aromatic heterocycles. The highest BCUT2D eigenvalue weighted by atomic mass is 19.4. The second-order valence-corrected chi connectivity index (χ2v) is 6.05. The molecule has 2 heterocycles. The monoisotopic (exact) mass is 395 g/mol. The van der Waals surface area contributed by atoms with E-state index < -0.39 is 17.7 Å². The molecule has 0 fully saturated rings. The molecular weight excluding hydrogens is 379 g/mol. The van der Waals surface area contributed by atoms with Crippen molar-refractivity contribution in [2.24, 2.45) is 0 Å². The highest BCUT2D eigenvalue weighted by Crippen LogP contribution is 2.25. The minimum Gasteiger partial charge on any atom is -0.508 e. The number of aromatic amines is 1. The molecule has 0 atom stereocenters. The molecule has 8 nitrogen and oxygen atoms in total. The quantitative estimate of drug-likeness (QED) is 0.585. The zero-order chi connectivity index (χ0) is 20.3. The number of nitrogens with zero attached hydrogens (tertiary/aromatic N) is 3. The average molecular weight is 395 g/mol. The first-order valence-electron chi connectivity index (χ1n) is 8.33. The van der Waals surface area contributed by atoms with E-state index in [4.69, 9.17) is 0 Å². The van der Waals surface area contributed by atoms with Crippen LogP contribution in [0.25, 0.3) is 5.65 Å². The first kappa shape index (κ1) is 19.4. The van der Waals surface area contributed by atoms with Gasteiger partial charge >= 0.3 is 11.9 Å². The molecule has 28 heavy (non-hydrogen) atoms. The largest absolute Gasteiger partial charge is 0.508 e. The fraction of sp³-hybridized carbons (Fsp3) is 0.294. The summed E-state index contributed by atoms with van der Waals surface area (Å²) < 4.78 is 39.2. The molecule has 0 bridgehead atoms. The Labute approximate surface area is 156 Å². The number of phenols is 1. The van der Waals surface area contributed by atoms with Gasteiger partial charge in [0.25, 0.3) is 0 Å². The van der Waals surface area contributed by atoms with Crippen LogP contribution in [0, 0.1) is 0 Å². The molecule has 11 heteroatoms. The van der Waals surface area contributed by atoms with Crippen molar-refractivity contribution in [2.75, 3.05) is 6.54 Å². The summed E-state index contributed by atoms with van der Waals surface area (Å²) in [4.78, 5) is 29.9. The Morgan fingerprint density at radius 3 is 2.57 bits per heavy atom. The number of aromatic nitrogens is 4. The van der Waals surface area contributed by atoms with Crippen molar-refractivity contribution >= 4 is 11.6 Å². The van der Waals surface area contributed by atoms with Gasteiger partial charge in [-0.3, -0.25) is 9.89 Å². The van der Waals surface area contributed by atoms with Crippen molar-refractivity contribution < 1.29 is 23.1 Å². The van der Waals surface area contributed by atoms with Crippen LogP contribution >= 0.6 is 0 Å². The van der Waals surface area contributed by atoms with E-state index in [9.17, 15) is 27.9 Å². The zero-order valence-electron chi connectivity index (χ0n) is 14.5. The van der Waals surface area contributed by atoms with Crippen molar-refractivity contribution in [3.63, 3.8) is 0 Å². The number of aromatic hydroxyl groups is 1. The third-order valence-electron chi connectivity index (χ3n) is 4.02. The van der Waals surface area contributed by atoms with Crippen molar-refractivity contribution in [1.29, 1.82) is 0 Å². The summed E-state index contributed by atoms with van der Waals surface area (Å²) in [6.45, 7) is 0.372. The lowest BCUT2D eigenvalue weighted by atomic mass is 10.1. The first-order valence-corrected chi connectivity index (χ1v) is 8.33. The van der Waals surface area contributed by atoms with Crippen LogP contribution < -0.4 is 11.0 Å².